The van der Waals surface area contributed by atoms with Gasteiger partial charge in [-0.2, -0.15) is 0 Å². The summed E-state index contributed by atoms with van der Waals surface area (Å²) >= 11 is 5.49. The SMILES string of the molecule is CCC(=O)N(Cc1ccc2sc(-c3ccccc3-c3nnn[nH]3)c(Br)c2c1)CC1(C(=O)O)CCCC1. The van der Waals surface area contributed by atoms with Crippen LogP contribution in [0.3, 0.4) is 0 Å². The van der Waals surface area contributed by atoms with E-state index in [-0.39, 0.29) is 12.5 Å². The van der Waals surface area contributed by atoms with Crippen LogP contribution in [-0.2, 0) is 16.1 Å². The van der Waals surface area contributed by atoms with E-state index >= 15 is 0 Å². The molecule has 1 fully saturated rings. The molecule has 1 saturated carbocycles. The summed E-state index contributed by atoms with van der Waals surface area (Å²) in [5.41, 5.74) is 2.05. The van der Waals surface area contributed by atoms with Crippen LogP contribution in [0.4, 0.5) is 0 Å². The monoisotopic (exact) mass is 567 g/mol. The number of thiophene rings is 1. The van der Waals surface area contributed by atoms with Crippen molar-refractivity contribution in [3.63, 3.8) is 0 Å². The highest BCUT2D eigenvalue weighted by molar-refractivity contribution is 9.10. The molecule has 1 amide bonds. The minimum absolute atomic E-state index is 0.0257. The number of tetrazole rings is 1. The number of carbonyl (C=O) groups excluding carboxylic acids is 1. The molecule has 0 bridgehead atoms. The van der Waals surface area contributed by atoms with Crippen molar-refractivity contribution in [1.82, 2.24) is 25.5 Å². The van der Waals surface area contributed by atoms with Crippen LogP contribution in [0.15, 0.2) is 46.9 Å². The average Bonchev–Trinajstić information content (AvgIpc) is 3.65. The Balaban J connectivity index is 1.48. The van der Waals surface area contributed by atoms with E-state index < -0.39 is 11.4 Å². The number of aromatic amines is 1. The summed E-state index contributed by atoms with van der Waals surface area (Å²) in [6.45, 7) is 2.46. The van der Waals surface area contributed by atoms with Gasteiger partial charge in [0.25, 0.3) is 0 Å². The third kappa shape index (κ3) is 4.55. The van der Waals surface area contributed by atoms with E-state index in [4.69, 9.17) is 0 Å². The van der Waals surface area contributed by atoms with E-state index in [2.05, 4.69) is 48.7 Å². The molecule has 2 aromatic heterocycles. The van der Waals surface area contributed by atoms with Gasteiger partial charge in [0.15, 0.2) is 5.82 Å². The first-order valence-corrected chi connectivity index (χ1v) is 13.6. The molecule has 0 atom stereocenters. The standard InChI is InChI=1S/C26H26BrN5O3S/c1-2-21(33)32(15-26(25(34)35)11-5-6-12-26)14-16-9-10-20-19(13-16)22(27)23(36-20)17-7-3-4-8-18(17)24-28-30-31-29-24/h3-4,7-10,13H,2,5-6,11-12,14-15H2,1H3,(H,34,35)(H,28,29,30,31). The van der Waals surface area contributed by atoms with Crippen molar-refractivity contribution in [3.8, 4) is 21.8 Å². The molecule has 4 aromatic rings. The molecule has 36 heavy (non-hydrogen) atoms. The van der Waals surface area contributed by atoms with Gasteiger partial charge >= 0.3 is 5.97 Å². The summed E-state index contributed by atoms with van der Waals surface area (Å²) in [5.74, 6) is -0.221. The van der Waals surface area contributed by atoms with Crippen molar-refractivity contribution in [2.24, 2.45) is 5.41 Å². The summed E-state index contributed by atoms with van der Waals surface area (Å²) in [6.07, 6.45) is 3.37. The van der Waals surface area contributed by atoms with Gasteiger partial charge in [0.1, 0.15) is 0 Å². The van der Waals surface area contributed by atoms with Gasteiger partial charge < -0.3 is 10.0 Å². The number of hydrogen-bond acceptors (Lipinski definition) is 6. The second-order valence-corrected chi connectivity index (χ2v) is 11.1. The number of halogens is 1. The third-order valence-corrected chi connectivity index (χ3v) is 9.29. The van der Waals surface area contributed by atoms with Crippen LogP contribution in [0.1, 0.15) is 44.6 Å². The number of aliphatic carboxylic acids is 1. The lowest BCUT2D eigenvalue weighted by molar-refractivity contribution is -0.151. The molecule has 0 radical (unpaired) electrons. The molecule has 186 valence electrons. The summed E-state index contributed by atoms with van der Waals surface area (Å²) < 4.78 is 2.08. The normalized spacial score (nSPS) is 14.8. The largest absolute Gasteiger partial charge is 0.481 e. The Morgan fingerprint density at radius 3 is 2.58 bits per heavy atom. The van der Waals surface area contributed by atoms with Gasteiger partial charge in [-0.25, -0.2) is 5.10 Å². The number of H-pyrrole nitrogens is 1. The van der Waals surface area contributed by atoms with Gasteiger partial charge in [0, 0.05) is 45.2 Å². The fraction of sp³-hybridized carbons (Fsp3) is 0.346. The fourth-order valence-corrected chi connectivity index (χ4v) is 7.11. The predicted molar refractivity (Wildman–Crippen MR) is 142 cm³/mol. The zero-order valence-corrected chi connectivity index (χ0v) is 22.2. The van der Waals surface area contributed by atoms with Crippen LogP contribution < -0.4 is 0 Å². The number of benzene rings is 2. The Morgan fingerprint density at radius 1 is 1.17 bits per heavy atom. The molecule has 0 unspecified atom stereocenters. The molecule has 1 aliphatic carbocycles. The number of rotatable bonds is 8. The topological polar surface area (TPSA) is 112 Å². The number of nitrogens with one attached hydrogen (secondary N) is 1. The highest BCUT2D eigenvalue weighted by Crippen LogP contribution is 2.45. The maximum absolute atomic E-state index is 12.8. The molecule has 2 heterocycles. The molecule has 5 rings (SSSR count). The van der Waals surface area contributed by atoms with Gasteiger partial charge in [-0.15, -0.1) is 16.4 Å². The van der Waals surface area contributed by atoms with Crippen molar-refractivity contribution in [2.75, 3.05) is 6.54 Å². The smallest absolute Gasteiger partial charge is 0.311 e. The summed E-state index contributed by atoms with van der Waals surface area (Å²) in [7, 11) is 0. The first-order valence-electron chi connectivity index (χ1n) is 12.0. The molecule has 0 aliphatic heterocycles. The van der Waals surface area contributed by atoms with Gasteiger partial charge in [0.2, 0.25) is 5.91 Å². The van der Waals surface area contributed by atoms with Crippen molar-refractivity contribution in [3.05, 3.63) is 52.5 Å². The van der Waals surface area contributed by atoms with Crippen LogP contribution in [0.25, 0.3) is 31.9 Å². The van der Waals surface area contributed by atoms with Crippen LogP contribution >= 0.6 is 27.3 Å². The Hall–Kier alpha value is -3.11. The van der Waals surface area contributed by atoms with E-state index in [9.17, 15) is 14.7 Å². The van der Waals surface area contributed by atoms with E-state index in [1.807, 2.05) is 37.3 Å². The van der Waals surface area contributed by atoms with E-state index in [0.29, 0.717) is 31.6 Å². The Labute approximate surface area is 220 Å². The van der Waals surface area contributed by atoms with Crippen molar-refractivity contribution in [2.45, 2.75) is 45.6 Å². The van der Waals surface area contributed by atoms with Crippen LogP contribution in [-0.4, -0.2) is 49.1 Å². The van der Waals surface area contributed by atoms with Gasteiger partial charge in [-0.3, -0.25) is 9.59 Å². The highest BCUT2D eigenvalue weighted by atomic mass is 79.9. The zero-order chi connectivity index (χ0) is 25.3. The first-order chi connectivity index (χ1) is 17.4. The molecular weight excluding hydrogens is 542 g/mol. The molecule has 2 aromatic carbocycles. The Morgan fingerprint density at radius 2 is 1.92 bits per heavy atom. The number of hydrogen-bond donors (Lipinski definition) is 2. The second-order valence-electron chi connectivity index (χ2n) is 9.27. The zero-order valence-electron chi connectivity index (χ0n) is 19.8. The Kier molecular flexibility index (Phi) is 6.90. The quantitative estimate of drug-likeness (QED) is 0.274. The van der Waals surface area contributed by atoms with Gasteiger partial charge in [-0.1, -0.05) is 50.1 Å². The van der Waals surface area contributed by atoms with Crippen LogP contribution in [0.5, 0.6) is 0 Å². The lowest BCUT2D eigenvalue weighted by Crippen LogP contribution is -2.43. The molecule has 1 aliphatic rings. The number of aromatic nitrogens is 4. The van der Waals surface area contributed by atoms with Crippen LogP contribution in [0.2, 0.25) is 0 Å². The minimum Gasteiger partial charge on any atom is -0.481 e. The number of amides is 1. The summed E-state index contributed by atoms with van der Waals surface area (Å²) in [5, 5.41) is 25.4. The first kappa shape index (κ1) is 24.6. The van der Waals surface area contributed by atoms with Crippen molar-refractivity contribution >= 4 is 49.2 Å². The molecule has 10 heteroatoms. The lowest BCUT2D eigenvalue weighted by atomic mass is 9.85. The maximum atomic E-state index is 12.8. The van der Waals surface area contributed by atoms with Crippen molar-refractivity contribution in [1.29, 1.82) is 0 Å². The third-order valence-electron chi connectivity index (χ3n) is 7.00. The number of nitrogens with zero attached hydrogens (tertiary/aromatic N) is 4. The molecule has 0 saturated heterocycles. The molecular formula is C26H26BrN5O3S. The number of carboxylic acids is 1. The maximum Gasteiger partial charge on any atom is 0.311 e. The van der Waals surface area contributed by atoms with Crippen molar-refractivity contribution < 1.29 is 14.7 Å². The van der Waals surface area contributed by atoms with Gasteiger partial charge in [0.05, 0.1) is 10.3 Å². The molecule has 0 spiro atoms. The predicted octanol–water partition coefficient (Wildman–Crippen LogP) is 5.89. The number of fused-ring (bicyclic) bond motifs is 1. The fourth-order valence-electron chi connectivity index (χ4n) is 5.08. The summed E-state index contributed by atoms with van der Waals surface area (Å²) in [6, 6.07) is 14.2. The lowest BCUT2D eigenvalue weighted by Gasteiger charge is -2.32. The molecule has 2 N–H and O–H groups in total. The number of carbonyl (C=O) groups is 2. The van der Waals surface area contributed by atoms with E-state index in [1.165, 1.54) is 0 Å². The number of carboxylic acid groups (broad SMARTS) is 1. The summed E-state index contributed by atoms with van der Waals surface area (Å²) in [4.78, 5) is 27.8. The second kappa shape index (κ2) is 10.1. The average molecular weight is 568 g/mol. The van der Waals surface area contributed by atoms with Gasteiger partial charge in [-0.05, 0) is 56.9 Å². The Bertz CT molecular complexity index is 1410. The highest BCUT2D eigenvalue weighted by Gasteiger charge is 2.43. The molecule has 8 nitrogen and oxygen atoms in total. The minimum atomic E-state index is -0.843. The van der Waals surface area contributed by atoms with E-state index in [1.54, 1.807) is 16.2 Å². The van der Waals surface area contributed by atoms with Crippen LogP contribution in [0, 0.1) is 5.41 Å². The van der Waals surface area contributed by atoms with E-state index in [0.717, 1.165) is 49.0 Å².